The van der Waals surface area contributed by atoms with E-state index in [1.807, 2.05) is 0 Å². The van der Waals surface area contributed by atoms with E-state index in [1.54, 1.807) is 36.9 Å². The number of aromatic nitrogens is 4. The van der Waals surface area contributed by atoms with Crippen LogP contribution in [0.4, 0.5) is 5.82 Å². The first-order valence-electron chi connectivity index (χ1n) is 6.27. The summed E-state index contributed by atoms with van der Waals surface area (Å²) in [5.74, 6) is -0.0183. The predicted molar refractivity (Wildman–Crippen MR) is 77.1 cm³/mol. The van der Waals surface area contributed by atoms with Crippen LogP contribution in [0, 0.1) is 0 Å². The first-order valence-corrected chi connectivity index (χ1v) is 7.76. The fourth-order valence-corrected chi connectivity index (χ4v) is 3.31. The van der Waals surface area contributed by atoms with Gasteiger partial charge in [-0.15, -0.1) is 0 Å². The van der Waals surface area contributed by atoms with E-state index in [9.17, 15) is 8.42 Å². The van der Waals surface area contributed by atoms with E-state index in [1.165, 1.54) is 4.40 Å². The second-order valence-electron chi connectivity index (χ2n) is 4.46. The van der Waals surface area contributed by atoms with Gasteiger partial charge >= 0.3 is 0 Å². The molecular weight excluding hydrogens is 292 g/mol. The highest BCUT2D eigenvalue weighted by Crippen LogP contribution is 2.19. The minimum absolute atomic E-state index is 0.0183. The van der Waals surface area contributed by atoms with Crippen molar-refractivity contribution in [3.8, 4) is 0 Å². The van der Waals surface area contributed by atoms with Crippen LogP contribution in [0.25, 0.3) is 5.65 Å². The number of nitrogens with zero attached hydrogens (tertiary/aromatic N) is 3. The lowest BCUT2D eigenvalue weighted by Crippen LogP contribution is -2.27. The number of hydrogen-bond acceptors (Lipinski definition) is 5. The van der Waals surface area contributed by atoms with Crippen molar-refractivity contribution in [1.82, 2.24) is 24.1 Å². The molecule has 0 atom stereocenters. The smallest absolute Gasteiger partial charge is 0.260 e. The number of nitrogens with one attached hydrogen (secondary N) is 2. The summed E-state index contributed by atoms with van der Waals surface area (Å²) >= 11 is 0. The maximum Gasteiger partial charge on any atom is 0.260 e. The molecule has 21 heavy (non-hydrogen) atoms. The van der Waals surface area contributed by atoms with Crippen LogP contribution >= 0.6 is 0 Å². The Hall–Kier alpha value is -2.39. The molecule has 0 amide bonds. The molecule has 3 aromatic heterocycles. The maximum atomic E-state index is 12.4. The van der Waals surface area contributed by atoms with E-state index in [0.717, 1.165) is 5.69 Å². The van der Waals surface area contributed by atoms with Gasteiger partial charge in [0.1, 0.15) is 5.65 Å². The van der Waals surface area contributed by atoms with Gasteiger partial charge in [-0.25, -0.2) is 23.1 Å². The fraction of sp³-hybridized carbons (Fsp3) is 0.167. The average Bonchev–Trinajstić information content (AvgIpc) is 3.04. The molecule has 0 spiro atoms. The normalized spacial score (nSPS) is 12.0. The Morgan fingerprint density at radius 3 is 3.00 bits per heavy atom. The summed E-state index contributed by atoms with van der Waals surface area (Å²) in [6.45, 7) is 0.240. The SMILES string of the molecule is Nc1nc2ccccn2c1S(=O)(=O)NCCc1cnc[nH]1. The van der Waals surface area contributed by atoms with Crippen molar-refractivity contribution in [2.24, 2.45) is 0 Å². The number of anilines is 1. The molecular formula is C12H14N6O2S. The van der Waals surface area contributed by atoms with E-state index in [2.05, 4.69) is 19.7 Å². The molecule has 8 nitrogen and oxygen atoms in total. The molecule has 9 heteroatoms. The van der Waals surface area contributed by atoms with Crippen molar-refractivity contribution in [3.05, 3.63) is 42.6 Å². The topological polar surface area (TPSA) is 118 Å². The van der Waals surface area contributed by atoms with Crippen molar-refractivity contribution in [2.45, 2.75) is 11.4 Å². The molecule has 0 fully saturated rings. The van der Waals surface area contributed by atoms with Crippen LogP contribution in [-0.2, 0) is 16.4 Å². The standard InChI is InChI=1S/C12H14N6O2S/c13-11-12(18-6-2-1-3-10(18)17-11)21(19,20)16-5-4-9-7-14-8-15-9/h1-3,6-8,16H,4-5,13H2,(H,14,15). The molecule has 0 aliphatic rings. The fourth-order valence-electron chi connectivity index (χ4n) is 2.07. The van der Waals surface area contributed by atoms with Crippen LogP contribution < -0.4 is 10.5 Å². The lowest BCUT2D eigenvalue weighted by atomic mass is 10.3. The van der Waals surface area contributed by atoms with Crippen LogP contribution in [-0.4, -0.2) is 34.3 Å². The second-order valence-corrected chi connectivity index (χ2v) is 6.14. The van der Waals surface area contributed by atoms with E-state index >= 15 is 0 Å². The van der Waals surface area contributed by atoms with Crippen molar-refractivity contribution >= 4 is 21.5 Å². The molecule has 0 aliphatic carbocycles. The van der Waals surface area contributed by atoms with Gasteiger partial charge in [0.15, 0.2) is 10.8 Å². The largest absolute Gasteiger partial charge is 0.381 e. The number of aromatic amines is 1. The molecule has 3 aromatic rings. The van der Waals surface area contributed by atoms with Gasteiger partial charge in [-0.05, 0) is 12.1 Å². The number of pyridine rings is 1. The highest BCUT2D eigenvalue weighted by atomic mass is 32.2. The number of rotatable bonds is 5. The van der Waals surface area contributed by atoms with Crippen molar-refractivity contribution in [1.29, 1.82) is 0 Å². The Labute approximate surface area is 121 Å². The third kappa shape index (κ3) is 2.60. The maximum absolute atomic E-state index is 12.4. The van der Waals surface area contributed by atoms with Gasteiger partial charge in [0.05, 0.1) is 6.33 Å². The Morgan fingerprint density at radius 1 is 1.38 bits per heavy atom. The van der Waals surface area contributed by atoms with Gasteiger partial charge in [0.2, 0.25) is 0 Å². The molecule has 0 radical (unpaired) electrons. The molecule has 0 aromatic carbocycles. The van der Waals surface area contributed by atoms with Gasteiger partial charge in [0.25, 0.3) is 10.0 Å². The van der Waals surface area contributed by atoms with Crippen LogP contribution in [0.3, 0.4) is 0 Å². The molecule has 0 saturated heterocycles. The van der Waals surface area contributed by atoms with Crippen LogP contribution in [0.1, 0.15) is 5.69 Å². The highest BCUT2D eigenvalue weighted by molar-refractivity contribution is 7.89. The zero-order chi connectivity index (χ0) is 14.9. The minimum atomic E-state index is -3.74. The molecule has 110 valence electrons. The number of nitrogen functional groups attached to an aromatic ring is 1. The molecule has 4 N–H and O–H groups in total. The summed E-state index contributed by atoms with van der Waals surface area (Å²) in [6.07, 6.45) is 5.32. The van der Waals surface area contributed by atoms with Crippen LogP contribution in [0.15, 0.2) is 41.9 Å². The Kier molecular flexibility index (Phi) is 3.35. The number of H-pyrrole nitrogens is 1. The minimum Gasteiger partial charge on any atom is -0.381 e. The van der Waals surface area contributed by atoms with E-state index in [4.69, 9.17) is 5.73 Å². The van der Waals surface area contributed by atoms with Gasteiger partial charge < -0.3 is 10.7 Å². The lowest BCUT2D eigenvalue weighted by molar-refractivity contribution is 0.577. The summed E-state index contributed by atoms with van der Waals surface area (Å²) in [7, 11) is -3.74. The zero-order valence-corrected chi connectivity index (χ0v) is 11.8. The lowest BCUT2D eigenvalue weighted by Gasteiger charge is -2.06. The van der Waals surface area contributed by atoms with Crippen molar-refractivity contribution in [3.63, 3.8) is 0 Å². The number of hydrogen-bond donors (Lipinski definition) is 3. The van der Waals surface area contributed by atoms with Crippen LogP contribution in [0.2, 0.25) is 0 Å². The van der Waals surface area contributed by atoms with Gasteiger partial charge in [-0.1, -0.05) is 6.07 Å². The predicted octanol–water partition coefficient (Wildman–Crippen LogP) is 0.161. The second kappa shape index (κ2) is 5.19. The van der Waals surface area contributed by atoms with E-state index in [0.29, 0.717) is 12.1 Å². The zero-order valence-electron chi connectivity index (χ0n) is 11.0. The first-order chi connectivity index (χ1) is 10.1. The van der Waals surface area contributed by atoms with Crippen LogP contribution in [0.5, 0.6) is 0 Å². The quantitative estimate of drug-likeness (QED) is 0.620. The summed E-state index contributed by atoms with van der Waals surface area (Å²) in [5.41, 5.74) is 7.08. The van der Waals surface area contributed by atoms with Gasteiger partial charge in [-0.2, -0.15) is 0 Å². The van der Waals surface area contributed by atoms with E-state index < -0.39 is 10.0 Å². The number of sulfonamides is 1. The molecule has 0 aliphatic heterocycles. The Bertz CT molecular complexity index is 853. The third-order valence-corrected chi connectivity index (χ3v) is 4.51. The monoisotopic (exact) mass is 306 g/mol. The number of fused-ring (bicyclic) bond motifs is 1. The summed E-state index contributed by atoms with van der Waals surface area (Å²) < 4.78 is 28.7. The molecule has 3 heterocycles. The van der Waals surface area contributed by atoms with Gasteiger partial charge in [0, 0.05) is 31.1 Å². The van der Waals surface area contributed by atoms with Crippen molar-refractivity contribution in [2.75, 3.05) is 12.3 Å². The Balaban J connectivity index is 1.84. The third-order valence-electron chi connectivity index (χ3n) is 3.01. The Morgan fingerprint density at radius 2 is 2.24 bits per heavy atom. The molecule has 0 bridgehead atoms. The number of imidazole rings is 2. The summed E-state index contributed by atoms with van der Waals surface area (Å²) in [5, 5.41) is -0.0392. The number of nitrogens with two attached hydrogens (primary N) is 1. The highest BCUT2D eigenvalue weighted by Gasteiger charge is 2.23. The van der Waals surface area contributed by atoms with E-state index in [-0.39, 0.29) is 17.4 Å². The summed E-state index contributed by atoms with van der Waals surface area (Å²) in [6, 6.07) is 5.18. The first kappa shape index (κ1) is 13.6. The van der Waals surface area contributed by atoms with Crippen molar-refractivity contribution < 1.29 is 8.42 Å². The average molecular weight is 306 g/mol. The molecule has 0 saturated carbocycles. The molecule has 3 rings (SSSR count). The summed E-state index contributed by atoms with van der Waals surface area (Å²) in [4.78, 5) is 10.8. The molecule has 0 unspecified atom stereocenters. The van der Waals surface area contributed by atoms with Gasteiger partial charge in [-0.3, -0.25) is 4.40 Å².